The van der Waals surface area contributed by atoms with Crippen LogP contribution in [0.4, 0.5) is 5.82 Å². The Morgan fingerprint density at radius 1 is 1.32 bits per heavy atom. The van der Waals surface area contributed by atoms with Gasteiger partial charge in [0.05, 0.1) is 5.69 Å². The lowest BCUT2D eigenvalue weighted by molar-refractivity contribution is 0.684. The first kappa shape index (κ1) is 19.0. The van der Waals surface area contributed by atoms with E-state index in [2.05, 4.69) is 30.3 Å². The van der Waals surface area contributed by atoms with Crippen molar-refractivity contribution in [2.75, 3.05) is 5.32 Å². The molecular weight excluding hydrogens is 321 g/mol. The molecule has 2 aromatic rings. The zero-order chi connectivity index (χ0) is 14.3. The average molecular weight is 346 g/mol. The fourth-order valence-corrected chi connectivity index (χ4v) is 2.92. The Bertz CT molecular complexity index is 640. The molecule has 0 saturated heterocycles. The number of hydrogen-bond acceptors (Lipinski definition) is 4. The Balaban J connectivity index is 0.00000121. The van der Waals surface area contributed by atoms with Gasteiger partial charge in [-0.05, 0) is 39.5 Å². The van der Waals surface area contributed by atoms with Crippen LogP contribution in [0.2, 0.25) is 0 Å². The van der Waals surface area contributed by atoms with E-state index in [1.807, 2.05) is 11.4 Å². The summed E-state index contributed by atoms with van der Waals surface area (Å²) in [6.45, 7) is 6.25. The molecule has 1 aliphatic rings. The maximum Gasteiger partial charge on any atom is 0.160 e. The number of fused-ring (bicyclic) bond motifs is 1. The predicted octanol–water partition coefficient (Wildman–Crippen LogP) is 3.04. The van der Waals surface area contributed by atoms with E-state index in [0.29, 0.717) is 12.1 Å². The average Bonchev–Trinajstić information content (AvgIpc) is 2.96. The molecule has 1 aliphatic carbocycles. The van der Waals surface area contributed by atoms with Gasteiger partial charge in [-0.15, -0.1) is 24.8 Å². The summed E-state index contributed by atoms with van der Waals surface area (Å²) in [5.41, 5.74) is 10.3. The summed E-state index contributed by atoms with van der Waals surface area (Å²) in [5, 5.41) is 8.22. The lowest BCUT2D eigenvalue weighted by Crippen LogP contribution is -2.22. The monoisotopic (exact) mass is 345 g/mol. The normalized spacial score (nSPS) is 20.5. The minimum Gasteiger partial charge on any atom is -0.367 e. The van der Waals surface area contributed by atoms with Crippen molar-refractivity contribution < 1.29 is 0 Å². The Morgan fingerprint density at radius 2 is 2.05 bits per heavy atom. The summed E-state index contributed by atoms with van der Waals surface area (Å²) in [7, 11) is 0. The minimum absolute atomic E-state index is 0. The zero-order valence-electron chi connectivity index (χ0n) is 13.3. The lowest BCUT2D eigenvalue weighted by Gasteiger charge is -2.15. The molecule has 2 atom stereocenters. The summed E-state index contributed by atoms with van der Waals surface area (Å²) < 4.78 is 1.94. The molecule has 2 heterocycles. The van der Waals surface area contributed by atoms with Gasteiger partial charge in [0.25, 0.3) is 0 Å². The van der Waals surface area contributed by atoms with Gasteiger partial charge in [0.2, 0.25) is 0 Å². The van der Waals surface area contributed by atoms with Gasteiger partial charge in [-0.2, -0.15) is 9.61 Å². The highest BCUT2D eigenvalue weighted by molar-refractivity contribution is 5.85. The van der Waals surface area contributed by atoms with Crippen molar-refractivity contribution in [2.45, 2.75) is 58.5 Å². The molecule has 0 radical (unpaired) electrons. The molecule has 2 aromatic heterocycles. The van der Waals surface area contributed by atoms with Gasteiger partial charge in [-0.3, -0.25) is 0 Å². The molecule has 0 spiro atoms. The lowest BCUT2D eigenvalue weighted by atomic mass is 10.2. The number of rotatable bonds is 3. The van der Waals surface area contributed by atoms with Crippen LogP contribution in [0.3, 0.4) is 0 Å². The van der Waals surface area contributed by atoms with Crippen molar-refractivity contribution in [1.82, 2.24) is 14.6 Å². The fraction of sp³-hybridized carbons (Fsp3) is 0.600. The van der Waals surface area contributed by atoms with Crippen LogP contribution in [0.1, 0.15) is 43.1 Å². The molecule has 0 aromatic carbocycles. The minimum atomic E-state index is 0. The molecule has 0 amide bonds. The maximum absolute atomic E-state index is 6.00. The summed E-state index contributed by atoms with van der Waals surface area (Å²) in [6, 6.07) is 2.89. The number of halogens is 2. The number of aromatic nitrogens is 3. The van der Waals surface area contributed by atoms with E-state index in [1.54, 1.807) is 0 Å². The highest BCUT2D eigenvalue weighted by Crippen LogP contribution is 2.24. The first-order valence-corrected chi connectivity index (χ1v) is 7.46. The van der Waals surface area contributed by atoms with Crippen molar-refractivity contribution in [3.63, 3.8) is 0 Å². The first-order valence-electron chi connectivity index (χ1n) is 7.46. The topological polar surface area (TPSA) is 68.2 Å². The highest BCUT2D eigenvalue weighted by Gasteiger charge is 2.23. The molecular formula is C15H25Cl2N5. The van der Waals surface area contributed by atoms with Gasteiger partial charge in [-0.1, -0.05) is 6.92 Å². The first-order chi connectivity index (χ1) is 9.58. The van der Waals surface area contributed by atoms with Crippen molar-refractivity contribution in [3.8, 4) is 0 Å². The number of aryl methyl sites for hydroxylation is 3. The standard InChI is InChI=1S/C15H23N5.2ClH/c1-4-12-8-14(17-13-6-5-11(16)7-13)20-15(18-12)9(2)10(3)19-20;;/h8,11,13,17H,4-7,16H2,1-3H3;2*1H/t11-,13-;;/m1../s1. The van der Waals surface area contributed by atoms with Crippen LogP contribution in [-0.2, 0) is 6.42 Å². The van der Waals surface area contributed by atoms with E-state index in [4.69, 9.17) is 10.7 Å². The molecule has 3 N–H and O–H groups in total. The maximum atomic E-state index is 6.00. The van der Waals surface area contributed by atoms with Crippen LogP contribution in [0, 0.1) is 13.8 Å². The quantitative estimate of drug-likeness (QED) is 0.896. The second-order valence-corrected chi connectivity index (χ2v) is 5.85. The number of nitrogens with one attached hydrogen (secondary N) is 1. The molecule has 124 valence electrons. The number of anilines is 1. The van der Waals surface area contributed by atoms with E-state index in [1.165, 1.54) is 0 Å². The third-order valence-electron chi connectivity index (χ3n) is 4.30. The van der Waals surface area contributed by atoms with Gasteiger partial charge < -0.3 is 11.1 Å². The Kier molecular flexibility index (Phi) is 6.47. The Morgan fingerprint density at radius 3 is 2.64 bits per heavy atom. The second-order valence-electron chi connectivity index (χ2n) is 5.85. The van der Waals surface area contributed by atoms with Crippen molar-refractivity contribution in [1.29, 1.82) is 0 Å². The van der Waals surface area contributed by atoms with Crippen LogP contribution in [0.5, 0.6) is 0 Å². The summed E-state index contributed by atoms with van der Waals surface area (Å²) in [5.74, 6) is 1.04. The fourth-order valence-electron chi connectivity index (χ4n) is 2.92. The largest absolute Gasteiger partial charge is 0.367 e. The number of hydrogen-bond donors (Lipinski definition) is 2. The smallest absolute Gasteiger partial charge is 0.160 e. The molecule has 7 heteroatoms. The molecule has 0 unspecified atom stereocenters. The Labute approximate surface area is 143 Å². The van der Waals surface area contributed by atoms with Gasteiger partial charge >= 0.3 is 0 Å². The molecule has 5 nitrogen and oxygen atoms in total. The van der Waals surface area contributed by atoms with Crippen LogP contribution in [-0.4, -0.2) is 26.7 Å². The van der Waals surface area contributed by atoms with Crippen LogP contribution in [0.15, 0.2) is 6.07 Å². The molecule has 22 heavy (non-hydrogen) atoms. The number of nitrogens with zero attached hydrogens (tertiary/aromatic N) is 3. The molecule has 1 saturated carbocycles. The predicted molar refractivity (Wildman–Crippen MR) is 95.6 cm³/mol. The Hall–Kier alpha value is -1.04. The van der Waals surface area contributed by atoms with Crippen LogP contribution < -0.4 is 11.1 Å². The van der Waals surface area contributed by atoms with E-state index in [-0.39, 0.29) is 24.8 Å². The van der Waals surface area contributed by atoms with E-state index < -0.39 is 0 Å². The van der Waals surface area contributed by atoms with Crippen molar-refractivity contribution in [2.24, 2.45) is 5.73 Å². The van der Waals surface area contributed by atoms with Crippen molar-refractivity contribution in [3.05, 3.63) is 23.0 Å². The molecule has 0 aliphatic heterocycles. The molecule has 3 rings (SSSR count). The number of nitrogens with two attached hydrogens (primary N) is 1. The highest BCUT2D eigenvalue weighted by atomic mass is 35.5. The van der Waals surface area contributed by atoms with E-state index >= 15 is 0 Å². The van der Waals surface area contributed by atoms with Crippen LogP contribution >= 0.6 is 24.8 Å². The summed E-state index contributed by atoms with van der Waals surface area (Å²) in [4.78, 5) is 4.70. The third kappa shape index (κ3) is 3.47. The third-order valence-corrected chi connectivity index (χ3v) is 4.30. The van der Waals surface area contributed by atoms with Gasteiger partial charge in [0.15, 0.2) is 5.65 Å². The van der Waals surface area contributed by atoms with Gasteiger partial charge in [0.1, 0.15) is 5.82 Å². The second kappa shape index (κ2) is 7.49. The van der Waals surface area contributed by atoms with Crippen molar-refractivity contribution >= 4 is 36.3 Å². The van der Waals surface area contributed by atoms with E-state index in [0.717, 1.165) is 54.1 Å². The van der Waals surface area contributed by atoms with Gasteiger partial charge in [0, 0.05) is 29.4 Å². The SMILES string of the molecule is CCc1cc(N[C@@H]2CC[C@@H](N)C2)n2nc(C)c(C)c2n1.Cl.Cl. The molecule has 1 fully saturated rings. The van der Waals surface area contributed by atoms with E-state index in [9.17, 15) is 0 Å². The summed E-state index contributed by atoms with van der Waals surface area (Å²) in [6.07, 6.45) is 4.19. The molecule has 0 bridgehead atoms. The van der Waals surface area contributed by atoms with Crippen LogP contribution in [0.25, 0.3) is 5.65 Å². The zero-order valence-corrected chi connectivity index (χ0v) is 14.9. The van der Waals surface area contributed by atoms with Gasteiger partial charge in [-0.25, -0.2) is 4.98 Å². The summed E-state index contributed by atoms with van der Waals surface area (Å²) >= 11 is 0.